The lowest BCUT2D eigenvalue weighted by atomic mass is 10.1. The van der Waals surface area contributed by atoms with Crippen LogP contribution >= 0.6 is 0 Å². The van der Waals surface area contributed by atoms with Gasteiger partial charge in [-0.25, -0.2) is 0 Å². The monoisotopic (exact) mass is 631 g/mol. The molecule has 2 aromatic carbocycles. The molecule has 46 heavy (non-hydrogen) atoms. The number of rotatable bonds is 16. The average Bonchev–Trinajstić information content (AvgIpc) is 3.11. The van der Waals surface area contributed by atoms with Crippen LogP contribution in [0.4, 0.5) is 11.4 Å². The number of pyridine rings is 2. The molecule has 2 aromatic heterocycles. The molecule has 4 aromatic rings. The largest absolute Gasteiger partial charge is 0.493 e. The highest BCUT2D eigenvalue weighted by molar-refractivity contribution is 5.70. The van der Waals surface area contributed by atoms with E-state index in [1.807, 2.05) is 48.8 Å². The van der Waals surface area contributed by atoms with E-state index in [1.54, 1.807) is 42.7 Å². The van der Waals surface area contributed by atoms with Crippen LogP contribution in [0, 0.1) is 0 Å². The predicted molar refractivity (Wildman–Crippen MR) is 183 cm³/mol. The summed E-state index contributed by atoms with van der Waals surface area (Å²) in [4.78, 5) is 16.2. The Morgan fingerprint density at radius 1 is 0.478 bits per heavy atom. The van der Waals surface area contributed by atoms with Gasteiger partial charge < -0.3 is 43.1 Å². The Labute approximate surface area is 272 Å². The first-order valence-corrected chi connectivity index (χ1v) is 14.9. The van der Waals surface area contributed by atoms with Crippen molar-refractivity contribution in [2.24, 2.45) is 0 Å². The van der Waals surface area contributed by atoms with Crippen molar-refractivity contribution >= 4 is 11.4 Å². The van der Waals surface area contributed by atoms with Crippen LogP contribution in [-0.2, 0) is 0 Å². The number of benzene rings is 2. The van der Waals surface area contributed by atoms with Crippen molar-refractivity contribution in [1.82, 2.24) is 14.9 Å². The van der Waals surface area contributed by atoms with Gasteiger partial charge >= 0.3 is 0 Å². The van der Waals surface area contributed by atoms with Crippen LogP contribution in [0.25, 0.3) is 22.5 Å². The molecule has 0 saturated carbocycles. The minimum absolute atomic E-state index is 0.558. The van der Waals surface area contributed by atoms with Crippen LogP contribution in [-0.4, -0.2) is 105 Å². The molecule has 11 heteroatoms. The number of methoxy groups -OCH3 is 6. The topological polar surface area (TPSA) is 90.9 Å². The van der Waals surface area contributed by atoms with E-state index in [0.717, 1.165) is 60.1 Å². The molecule has 11 nitrogen and oxygen atoms in total. The second kappa shape index (κ2) is 15.9. The van der Waals surface area contributed by atoms with Crippen LogP contribution in [0.3, 0.4) is 0 Å². The van der Waals surface area contributed by atoms with Crippen LogP contribution in [0.15, 0.2) is 60.9 Å². The predicted octanol–water partition coefficient (Wildman–Crippen LogP) is 5.37. The summed E-state index contributed by atoms with van der Waals surface area (Å²) in [5, 5.41) is 0. The first-order chi connectivity index (χ1) is 22.3. The minimum Gasteiger partial charge on any atom is -0.493 e. The highest BCUT2D eigenvalue weighted by Gasteiger charge is 2.16. The first kappa shape index (κ1) is 34.0. The summed E-state index contributed by atoms with van der Waals surface area (Å²) in [6, 6.07) is 15.8. The summed E-state index contributed by atoms with van der Waals surface area (Å²) in [6.07, 6.45) is 3.78. The molecule has 0 amide bonds. The van der Waals surface area contributed by atoms with E-state index in [0.29, 0.717) is 34.5 Å². The van der Waals surface area contributed by atoms with Crippen molar-refractivity contribution in [2.75, 3.05) is 99.8 Å². The molecule has 4 rings (SSSR count). The zero-order valence-corrected chi connectivity index (χ0v) is 28.3. The second-order valence-corrected chi connectivity index (χ2v) is 10.8. The van der Waals surface area contributed by atoms with Gasteiger partial charge in [0.1, 0.15) is 0 Å². The molecule has 0 unspecified atom stereocenters. The molecular weight excluding hydrogens is 586 g/mol. The first-order valence-electron chi connectivity index (χ1n) is 14.9. The Morgan fingerprint density at radius 2 is 0.826 bits per heavy atom. The van der Waals surface area contributed by atoms with E-state index in [1.165, 1.54) is 0 Å². The zero-order valence-electron chi connectivity index (χ0n) is 28.3. The Kier molecular flexibility index (Phi) is 11.7. The molecule has 0 N–H and O–H groups in total. The van der Waals surface area contributed by atoms with Crippen molar-refractivity contribution < 1.29 is 28.4 Å². The normalized spacial score (nSPS) is 10.8. The van der Waals surface area contributed by atoms with Crippen LogP contribution in [0.2, 0.25) is 0 Å². The van der Waals surface area contributed by atoms with Gasteiger partial charge in [0.2, 0.25) is 11.5 Å². The fourth-order valence-corrected chi connectivity index (χ4v) is 5.03. The second-order valence-electron chi connectivity index (χ2n) is 10.8. The molecule has 0 atom stereocenters. The molecule has 0 aliphatic rings. The van der Waals surface area contributed by atoms with E-state index < -0.39 is 0 Å². The molecule has 0 fully saturated rings. The molecule has 0 radical (unpaired) electrons. The maximum Gasteiger partial charge on any atom is 0.203 e. The zero-order chi connectivity index (χ0) is 33.2. The number of anilines is 2. The Hall–Kier alpha value is -4.90. The lowest BCUT2D eigenvalue weighted by molar-refractivity contribution is 0.324. The SMILES string of the molecule is COc1cc(-c2ccc(N(C)CCN(C)CCN(C)c3ccc(-c4cc(OC)c(OC)c(OC)c4)nc3)cn2)cc(OC)c1OC. The highest BCUT2D eigenvalue weighted by Crippen LogP contribution is 2.42. The smallest absolute Gasteiger partial charge is 0.203 e. The lowest BCUT2D eigenvalue weighted by Crippen LogP contribution is -2.35. The summed E-state index contributed by atoms with van der Waals surface area (Å²) in [5.41, 5.74) is 5.50. The van der Waals surface area contributed by atoms with Gasteiger partial charge in [-0.2, -0.15) is 0 Å². The van der Waals surface area contributed by atoms with Gasteiger partial charge in [0.15, 0.2) is 23.0 Å². The third-order valence-corrected chi connectivity index (χ3v) is 7.93. The summed E-state index contributed by atoms with van der Waals surface area (Å²) in [6.45, 7) is 3.52. The molecule has 0 saturated heterocycles. The van der Waals surface area contributed by atoms with Crippen LogP contribution < -0.4 is 38.2 Å². The Balaban J connectivity index is 1.30. The number of hydrogen-bond acceptors (Lipinski definition) is 11. The van der Waals surface area contributed by atoms with E-state index in [9.17, 15) is 0 Å². The van der Waals surface area contributed by atoms with E-state index >= 15 is 0 Å². The lowest BCUT2D eigenvalue weighted by Gasteiger charge is -2.26. The van der Waals surface area contributed by atoms with E-state index in [-0.39, 0.29) is 0 Å². The molecule has 0 spiro atoms. The molecule has 2 heterocycles. The summed E-state index contributed by atoms with van der Waals surface area (Å²) in [5.74, 6) is 3.50. The summed E-state index contributed by atoms with van der Waals surface area (Å²) in [7, 11) is 15.9. The number of hydrogen-bond donors (Lipinski definition) is 0. The third kappa shape index (κ3) is 7.84. The number of likely N-dealkylation sites (N-methyl/N-ethyl adjacent to an activating group) is 3. The fraction of sp³-hybridized carbons (Fsp3) is 0.371. The Morgan fingerprint density at radius 3 is 1.09 bits per heavy atom. The number of ether oxygens (including phenoxy) is 6. The maximum absolute atomic E-state index is 5.50. The van der Waals surface area contributed by atoms with Gasteiger partial charge in [0.25, 0.3) is 0 Å². The highest BCUT2D eigenvalue weighted by atomic mass is 16.5. The number of aromatic nitrogens is 2. The molecule has 0 aliphatic heterocycles. The van der Waals surface area contributed by atoms with Crippen molar-refractivity contribution in [3.05, 3.63) is 60.9 Å². The van der Waals surface area contributed by atoms with E-state index in [2.05, 4.69) is 48.0 Å². The molecule has 246 valence electrons. The standard InChI is InChI=1S/C35H45N5O6/c1-38(14-16-39(2)26-10-12-28(36-22-26)24-18-30(41-4)34(45-8)31(19-24)42-5)15-17-40(3)27-11-13-29(37-23-27)25-20-32(43-6)35(46-9)33(21-25)44-7/h10-13,18-23H,14-17H2,1-9H3. The summed E-state index contributed by atoms with van der Waals surface area (Å²) >= 11 is 0. The van der Waals surface area contributed by atoms with Crippen molar-refractivity contribution in [3.8, 4) is 57.0 Å². The molecular formula is C35H45N5O6. The number of nitrogens with zero attached hydrogens (tertiary/aromatic N) is 5. The van der Waals surface area contributed by atoms with Gasteiger partial charge in [-0.05, 0) is 55.6 Å². The van der Waals surface area contributed by atoms with Crippen LogP contribution in [0.1, 0.15) is 0 Å². The van der Waals surface area contributed by atoms with Gasteiger partial charge in [-0.3, -0.25) is 9.97 Å². The van der Waals surface area contributed by atoms with Gasteiger partial charge in [0, 0.05) is 51.4 Å². The minimum atomic E-state index is 0.558. The van der Waals surface area contributed by atoms with Crippen LogP contribution in [0.5, 0.6) is 34.5 Å². The summed E-state index contributed by atoms with van der Waals surface area (Å²) < 4.78 is 32.9. The van der Waals surface area contributed by atoms with E-state index in [4.69, 9.17) is 38.4 Å². The Bertz CT molecular complexity index is 1400. The maximum atomic E-state index is 5.50. The molecule has 0 bridgehead atoms. The van der Waals surface area contributed by atoms with Gasteiger partial charge in [0.05, 0.1) is 77.8 Å². The van der Waals surface area contributed by atoms with Crippen molar-refractivity contribution in [3.63, 3.8) is 0 Å². The third-order valence-electron chi connectivity index (χ3n) is 7.93. The fourth-order valence-electron chi connectivity index (χ4n) is 5.03. The average molecular weight is 632 g/mol. The van der Waals surface area contributed by atoms with Gasteiger partial charge in [-0.1, -0.05) is 0 Å². The molecule has 0 aliphatic carbocycles. The van der Waals surface area contributed by atoms with Crippen molar-refractivity contribution in [2.45, 2.75) is 0 Å². The quantitative estimate of drug-likeness (QED) is 0.160. The van der Waals surface area contributed by atoms with Gasteiger partial charge in [-0.15, -0.1) is 0 Å². The van der Waals surface area contributed by atoms with Crippen molar-refractivity contribution in [1.29, 1.82) is 0 Å².